The first-order valence-electron chi connectivity index (χ1n) is 9.65. The van der Waals surface area contributed by atoms with Gasteiger partial charge in [0.15, 0.2) is 0 Å². The van der Waals surface area contributed by atoms with Crippen molar-refractivity contribution in [1.29, 1.82) is 0 Å². The Morgan fingerprint density at radius 3 is 2.57 bits per heavy atom. The number of carbonyl (C=O) groups excluding carboxylic acids is 3. The van der Waals surface area contributed by atoms with Crippen LogP contribution in [0.5, 0.6) is 0 Å². The summed E-state index contributed by atoms with van der Waals surface area (Å²) in [5.41, 5.74) is 3.14. The SMILES string of the molecule is Cc1cc(N2CCCCC2)ccc1/C=C1\SC(=O)N(CC(=O)OC(C)C)C1=O. The number of thioether (sulfide) groups is 1. The molecule has 0 spiro atoms. The molecule has 3 rings (SSSR count). The van der Waals surface area contributed by atoms with E-state index in [1.54, 1.807) is 19.9 Å². The van der Waals surface area contributed by atoms with Crippen LogP contribution in [0.3, 0.4) is 0 Å². The van der Waals surface area contributed by atoms with Crippen LogP contribution in [0.4, 0.5) is 10.5 Å². The van der Waals surface area contributed by atoms with Crippen LogP contribution in [-0.4, -0.2) is 47.8 Å². The first-order chi connectivity index (χ1) is 13.3. The molecular weight excluding hydrogens is 376 g/mol. The van der Waals surface area contributed by atoms with Gasteiger partial charge in [0.1, 0.15) is 6.54 Å². The first-order valence-corrected chi connectivity index (χ1v) is 10.5. The van der Waals surface area contributed by atoms with Crippen LogP contribution >= 0.6 is 11.8 Å². The Morgan fingerprint density at radius 1 is 1.21 bits per heavy atom. The minimum absolute atomic E-state index is 0.288. The molecule has 0 atom stereocenters. The average Bonchev–Trinajstić information content (AvgIpc) is 2.91. The fourth-order valence-electron chi connectivity index (χ4n) is 3.38. The first kappa shape index (κ1) is 20.5. The summed E-state index contributed by atoms with van der Waals surface area (Å²) in [5.74, 6) is -1.03. The van der Waals surface area contributed by atoms with Gasteiger partial charge in [0.2, 0.25) is 0 Å². The molecule has 0 aromatic heterocycles. The zero-order valence-electron chi connectivity index (χ0n) is 16.6. The van der Waals surface area contributed by atoms with Gasteiger partial charge in [0.05, 0.1) is 11.0 Å². The van der Waals surface area contributed by atoms with Gasteiger partial charge < -0.3 is 9.64 Å². The molecule has 0 radical (unpaired) electrons. The molecular formula is C21H26N2O4S. The van der Waals surface area contributed by atoms with E-state index in [0.717, 1.165) is 40.9 Å². The second-order valence-electron chi connectivity index (χ2n) is 7.40. The van der Waals surface area contributed by atoms with E-state index in [2.05, 4.69) is 17.0 Å². The highest BCUT2D eigenvalue weighted by molar-refractivity contribution is 8.18. The van der Waals surface area contributed by atoms with Gasteiger partial charge in [-0.3, -0.25) is 19.3 Å². The molecule has 2 aliphatic rings. The smallest absolute Gasteiger partial charge is 0.326 e. The monoisotopic (exact) mass is 402 g/mol. The summed E-state index contributed by atoms with van der Waals surface area (Å²) in [7, 11) is 0. The van der Waals surface area contributed by atoms with Crippen LogP contribution in [0.2, 0.25) is 0 Å². The molecule has 0 aliphatic carbocycles. The van der Waals surface area contributed by atoms with E-state index < -0.39 is 17.1 Å². The molecule has 1 aromatic carbocycles. The molecule has 150 valence electrons. The maximum absolute atomic E-state index is 12.6. The molecule has 28 heavy (non-hydrogen) atoms. The molecule has 2 aliphatic heterocycles. The van der Waals surface area contributed by atoms with Crippen molar-refractivity contribution in [1.82, 2.24) is 4.90 Å². The third-order valence-electron chi connectivity index (χ3n) is 4.79. The molecule has 0 N–H and O–H groups in total. The summed E-state index contributed by atoms with van der Waals surface area (Å²) < 4.78 is 5.03. The van der Waals surface area contributed by atoms with E-state index in [9.17, 15) is 14.4 Å². The van der Waals surface area contributed by atoms with Gasteiger partial charge in [0, 0.05) is 18.8 Å². The number of piperidine rings is 1. The number of anilines is 1. The van der Waals surface area contributed by atoms with Crippen molar-refractivity contribution < 1.29 is 19.1 Å². The lowest BCUT2D eigenvalue weighted by atomic mass is 10.0. The topological polar surface area (TPSA) is 66.9 Å². The van der Waals surface area contributed by atoms with Crippen molar-refractivity contribution in [2.45, 2.75) is 46.1 Å². The molecule has 2 amide bonds. The second kappa shape index (κ2) is 8.82. The number of aryl methyl sites for hydroxylation is 1. The molecule has 2 heterocycles. The number of rotatable bonds is 5. The summed E-state index contributed by atoms with van der Waals surface area (Å²) in [6.45, 7) is 7.24. The number of ether oxygens (including phenoxy) is 1. The minimum Gasteiger partial charge on any atom is -0.462 e. The van der Waals surface area contributed by atoms with Gasteiger partial charge in [-0.1, -0.05) is 6.07 Å². The fourth-order valence-corrected chi connectivity index (χ4v) is 4.21. The van der Waals surface area contributed by atoms with Gasteiger partial charge in [-0.2, -0.15) is 0 Å². The number of carbonyl (C=O) groups is 3. The Morgan fingerprint density at radius 2 is 1.93 bits per heavy atom. The van der Waals surface area contributed by atoms with E-state index in [4.69, 9.17) is 4.74 Å². The number of benzene rings is 1. The number of hydrogen-bond donors (Lipinski definition) is 0. The summed E-state index contributed by atoms with van der Waals surface area (Å²) in [4.78, 5) is 40.2. The van der Waals surface area contributed by atoms with Crippen LogP contribution < -0.4 is 4.90 Å². The Bertz CT molecular complexity index is 813. The molecule has 0 bridgehead atoms. The average molecular weight is 403 g/mol. The standard InChI is InChI=1S/C21H26N2O4S/c1-14(2)27-19(24)13-23-20(25)18(28-21(23)26)12-16-7-8-17(11-15(16)3)22-9-5-4-6-10-22/h7-8,11-12,14H,4-6,9-10,13H2,1-3H3/b18-12-. The molecule has 7 heteroatoms. The molecule has 0 unspecified atom stereocenters. The van der Waals surface area contributed by atoms with Crippen molar-refractivity contribution in [2.24, 2.45) is 0 Å². The second-order valence-corrected chi connectivity index (χ2v) is 8.39. The van der Waals surface area contributed by atoms with Crippen LogP contribution in [0.1, 0.15) is 44.2 Å². The third-order valence-corrected chi connectivity index (χ3v) is 5.70. The van der Waals surface area contributed by atoms with Crippen LogP contribution in [0.25, 0.3) is 6.08 Å². The fraction of sp³-hybridized carbons (Fsp3) is 0.476. The molecule has 1 aromatic rings. The molecule has 2 saturated heterocycles. The predicted molar refractivity (Wildman–Crippen MR) is 111 cm³/mol. The van der Waals surface area contributed by atoms with Crippen molar-refractivity contribution >= 4 is 40.6 Å². The number of hydrogen-bond acceptors (Lipinski definition) is 6. The summed E-state index contributed by atoms with van der Waals surface area (Å²) in [6.07, 6.45) is 5.16. The number of nitrogens with zero attached hydrogens (tertiary/aromatic N) is 2. The van der Waals surface area contributed by atoms with E-state index in [1.165, 1.54) is 24.9 Å². The number of amides is 2. The quantitative estimate of drug-likeness (QED) is 0.548. The lowest BCUT2D eigenvalue weighted by Gasteiger charge is -2.29. The van der Waals surface area contributed by atoms with Gasteiger partial charge in [-0.15, -0.1) is 0 Å². The highest BCUT2D eigenvalue weighted by Crippen LogP contribution is 2.33. The van der Waals surface area contributed by atoms with Crippen molar-refractivity contribution in [2.75, 3.05) is 24.5 Å². The van der Waals surface area contributed by atoms with Crippen LogP contribution in [-0.2, 0) is 14.3 Å². The normalized spacial score (nSPS) is 19.1. The van der Waals surface area contributed by atoms with Crippen LogP contribution in [0, 0.1) is 6.92 Å². The van der Waals surface area contributed by atoms with Crippen molar-refractivity contribution in [3.05, 3.63) is 34.2 Å². The lowest BCUT2D eigenvalue weighted by Crippen LogP contribution is -2.35. The van der Waals surface area contributed by atoms with Gasteiger partial charge in [-0.05, 0) is 81.1 Å². The van der Waals surface area contributed by atoms with Crippen molar-refractivity contribution in [3.63, 3.8) is 0 Å². The van der Waals surface area contributed by atoms with E-state index >= 15 is 0 Å². The summed E-state index contributed by atoms with van der Waals surface area (Å²) in [5, 5.41) is -0.445. The van der Waals surface area contributed by atoms with Gasteiger partial charge in [-0.25, -0.2) is 0 Å². The molecule has 0 saturated carbocycles. The predicted octanol–water partition coefficient (Wildman–Crippen LogP) is 3.97. The maximum Gasteiger partial charge on any atom is 0.326 e. The van der Waals surface area contributed by atoms with Crippen molar-refractivity contribution in [3.8, 4) is 0 Å². The maximum atomic E-state index is 12.6. The minimum atomic E-state index is -0.583. The van der Waals surface area contributed by atoms with Gasteiger partial charge >= 0.3 is 5.97 Å². The van der Waals surface area contributed by atoms with E-state index in [-0.39, 0.29) is 12.6 Å². The summed E-state index contributed by atoms with van der Waals surface area (Å²) in [6, 6.07) is 6.18. The van der Waals surface area contributed by atoms with Crippen LogP contribution in [0.15, 0.2) is 23.1 Å². The third kappa shape index (κ3) is 4.76. The highest BCUT2D eigenvalue weighted by Gasteiger charge is 2.36. The lowest BCUT2D eigenvalue weighted by molar-refractivity contribution is -0.149. The highest BCUT2D eigenvalue weighted by atomic mass is 32.2. The van der Waals surface area contributed by atoms with E-state index in [1.807, 2.05) is 13.0 Å². The summed E-state index contributed by atoms with van der Waals surface area (Å²) >= 11 is 0.859. The molecule has 6 nitrogen and oxygen atoms in total. The number of esters is 1. The van der Waals surface area contributed by atoms with Gasteiger partial charge in [0.25, 0.3) is 11.1 Å². The zero-order chi connectivity index (χ0) is 20.3. The Kier molecular flexibility index (Phi) is 6.44. The van der Waals surface area contributed by atoms with E-state index in [0.29, 0.717) is 4.91 Å². The Balaban J connectivity index is 1.73. The Hall–Kier alpha value is -2.28. The Labute approximate surface area is 169 Å². The number of imide groups is 1. The molecule has 2 fully saturated rings. The largest absolute Gasteiger partial charge is 0.462 e. The zero-order valence-corrected chi connectivity index (χ0v) is 17.4.